The van der Waals surface area contributed by atoms with Gasteiger partial charge in [0.25, 0.3) is 5.91 Å². The van der Waals surface area contributed by atoms with Crippen LogP contribution in [0.15, 0.2) is 40.7 Å². The quantitative estimate of drug-likeness (QED) is 0.622. The van der Waals surface area contributed by atoms with Crippen molar-refractivity contribution in [2.24, 2.45) is 10.9 Å². The molecule has 0 aliphatic carbocycles. The molecule has 1 saturated heterocycles. The van der Waals surface area contributed by atoms with Gasteiger partial charge in [0.15, 0.2) is 16.6 Å². The summed E-state index contributed by atoms with van der Waals surface area (Å²) in [6, 6.07) is 5.98. The van der Waals surface area contributed by atoms with E-state index in [4.69, 9.17) is 9.47 Å². The second-order valence-electron chi connectivity index (χ2n) is 8.13. The van der Waals surface area contributed by atoms with Gasteiger partial charge in [-0.1, -0.05) is 12.1 Å². The summed E-state index contributed by atoms with van der Waals surface area (Å²) in [5.41, 5.74) is 1.75. The van der Waals surface area contributed by atoms with Crippen molar-refractivity contribution < 1.29 is 23.9 Å². The van der Waals surface area contributed by atoms with Crippen LogP contribution in [0.4, 0.5) is 5.13 Å². The van der Waals surface area contributed by atoms with Crippen LogP contribution in [0.5, 0.6) is 11.5 Å². The number of hydrogen-bond donors (Lipinski definition) is 1. The fourth-order valence-corrected chi connectivity index (χ4v) is 4.70. The molecule has 1 fully saturated rings. The Morgan fingerprint density at radius 1 is 1.15 bits per heavy atom. The number of nitrogens with one attached hydrogen (secondary N) is 1. The molecule has 1 unspecified atom stereocenters. The predicted molar refractivity (Wildman–Crippen MR) is 125 cm³/mol. The lowest BCUT2D eigenvalue weighted by Gasteiger charge is -2.34. The van der Waals surface area contributed by atoms with Gasteiger partial charge in [-0.05, 0) is 23.8 Å². The third-order valence-electron chi connectivity index (χ3n) is 5.82. The maximum atomic E-state index is 12.8. The Kier molecular flexibility index (Phi) is 6.37. The topological polar surface area (TPSA) is 113 Å². The van der Waals surface area contributed by atoms with E-state index < -0.39 is 17.7 Å². The molecule has 0 radical (unpaired) electrons. The first-order valence-corrected chi connectivity index (χ1v) is 11.8. The minimum Gasteiger partial charge on any atom is -0.454 e. The zero-order valence-corrected chi connectivity index (χ0v) is 19.1. The van der Waals surface area contributed by atoms with E-state index in [1.807, 2.05) is 23.1 Å². The summed E-state index contributed by atoms with van der Waals surface area (Å²) in [6.45, 7) is 3.91. The number of dihydropyridines is 1. The molecule has 1 atom stereocenters. The van der Waals surface area contributed by atoms with E-state index in [2.05, 4.69) is 20.2 Å². The number of hydrogen-bond acceptors (Lipinski definition) is 8. The van der Waals surface area contributed by atoms with E-state index in [9.17, 15) is 14.4 Å². The fraction of sp³-hybridized carbons (Fsp3) is 0.348. The van der Waals surface area contributed by atoms with Gasteiger partial charge in [-0.25, -0.2) is 9.98 Å². The van der Waals surface area contributed by atoms with Crippen LogP contribution in [0.25, 0.3) is 0 Å². The molecule has 5 rings (SSSR count). The third kappa shape index (κ3) is 5.00. The van der Waals surface area contributed by atoms with Crippen molar-refractivity contribution in [3.05, 3.63) is 47.0 Å². The monoisotopic (exact) mass is 481 g/mol. The summed E-state index contributed by atoms with van der Waals surface area (Å²) in [7, 11) is 0. The number of allylic oxidation sites excluding steroid dienone is 1. The minimum atomic E-state index is -0.951. The zero-order valence-electron chi connectivity index (χ0n) is 18.3. The number of nitrogens with zero attached hydrogens (tertiary/aromatic N) is 4. The van der Waals surface area contributed by atoms with E-state index in [0.29, 0.717) is 23.9 Å². The maximum absolute atomic E-state index is 12.8. The first-order valence-electron chi connectivity index (χ1n) is 10.9. The number of anilines is 1. The standard InChI is InChI=1S/C23H23N5O5S/c29-20(11-16-13-34-23(25-16)26-22(31)17-2-1-5-24-21(17)30)28-8-6-27(7-9-28)12-15-3-4-18-19(10-15)33-14-32-18/h1-5,10,13,17H,6-9,11-12,14H2,(H,25,26,31). The Morgan fingerprint density at radius 2 is 1.97 bits per heavy atom. The number of aliphatic imine (C=N–C) groups is 1. The molecule has 34 heavy (non-hydrogen) atoms. The summed E-state index contributed by atoms with van der Waals surface area (Å²) >= 11 is 1.23. The highest BCUT2D eigenvalue weighted by molar-refractivity contribution is 7.14. The van der Waals surface area contributed by atoms with Crippen molar-refractivity contribution in [1.29, 1.82) is 0 Å². The van der Waals surface area contributed by atoms with Gasteiger partial charge in [0.05, 0.1) is 12.1 Å². The molecule has 4 heterocycles. The Balaban J connectivity index is 1.09. The second-order valence-corrected chi connectivity index (χ2v) is 8.99. The van der Waals surface area contributed by atoms with Gasteiger partial charge in [0.2, 0.25) is 18.6 Å². The summed E-state index contributed by atoms with van der Waals surface area (Å²) < 4.78 is 10.8. The Hall–Kier alpha value is -3.57. The number of rotatable bonds is 6. The third-order valence-corrected chi connectivity index (χ3v) is 6.63. The van der Waals surface area contributed by atoms with Crippen molar-refractivity contribution in [3.8, 4) is 11.5 Å². The molecule has 10 nitrogen and oxygen atoms in total. The van der Waals surface area contributed by atoms with Gasteiger partial charge in [0, 0.05) is 44.3 Å². The van der Waals surface area contributed by atoms with Crippen molar-refractivity contribution in [1.82, 2.24) is 14.8 Å². The average molecular weight is 482 g/mol. The van der Waals surface area contributed by atoms with Crippen molar-refractivity contribution >= 4 is 40.4 Å². The summed E-state index contributed by atoms with van der Waals surface area (Å²) in [5.74, 6) is -0.384. The Morgan fingerprint density at radius 3 is 2.79 bits per heavy atom. The van der Waals surface area contributed by atoms with E-state index in [-0.39, 0.29) is 19.1 Å². The molecule has 11 heteroatoms. The molecule has 0 bridgehead atoms. The number of carbonyl (C=O) groups excluding carboxylic acids is 3. The van der Waals surface area contributed by atoms with Crippen molar-refractivity contribution in [3.63, 3.8) is 0 Å². The van der Waals surface area contributed by atoms with Crippen LogP contribution < -0.4 is 14.8 Å². The normalized spacial score (nSPS) is 19.5. The van der Waals surface area contributed by atoms with Gasteiger partial charge in [-0.2, -0.15) is 0 Å². The molecule has 176 valence electrons. The molecule has 1 N–H and O–H groups in total. The zero-order chi connectivity index (χ0) is 23.5. The molecular formula is C23H23N5O5S. The first-order chi connectivity index (χ1) is 16.5. The second kappa shape index (κ2) is 9.74. The van der Waals surface area contributed by atoms with Crippen LogP contribution in [-0.4, -0.2) is 71.7 Å². The number of thiazole rings is 1. The summed E-state index contributed by atoms with van der Waals surface area (Å²) in [6.07, 6.45) is 4.58. The molecule has 0 saturated carbocycles. The van der Waals surface area contributed by atoms with Gasteiger partial charge in [-0.15, -0.1) is 11.3 Å². The highest BCUT2D eigenvalue weighted by atomic mass is 32.1. The fourth-order valence-electron chi connectivity index (χ4n) is 3.99. The van der Waals surface area contributed by atoms with E-state index >= 15 is 0 Å². The lowest BCUT2D eigenvalue weighted by Crippen LogP contribution is -2.48. The molecular weight excluding hydrogens is 458 g/mol. The Labute approximate surface area is 199 Å². The van der Waals surface area contributed by atoms with E-state index in [0.717, 1.165) is 36.7 Å². The largest absolute Gasteiger partial charge is 0.454 e. The minimum absolute atomic E-state index is 0.00522. The number of carbonyl (C=O) groups is 3. The van der Waals surface area contributed by atoms with Gasteiger partial charge in [-0.3, -0.25) is 19.3 Å². The number of fused-ring (bicyclic) bond motifs is 1. The van der Waals surface area contributed by atoms with Crippen LogP contribution >= 0.6 is 11.3 Å². The highest BCUT2D eigenvalue weighted by Crippen LogP contribution is 2.32. The summed E-state index contributed by atoms with van der Waals surface area (Å²) in [5, 5.41) is 4.74. The molecule has 3 amide bonds. The molecule has 2 aromatic rings. The van der Waals surface area contributed by atoms with Crippen LogP contribution in [-0.2, 0) is 27.3 Å². The lowest BCUT2D eigenvalue weighted by atomic mass is 10.1. The SMILES string of the molecule is O=C1N=CC=CC1C(=O)Nc1nc(CC(=O)N2CCN(Cc3ccc4c(c3)OCO4)CC2)cs1. The predicted octanol–water partition coefficient (Wildman–Crippen LogP) is 1.48. The molecule has 1 aromatic heterocycles. The number of ether oxygens (including phenoxy) is 2. The lowest BCUT2D eigenvalue weighted by molar-refractivity contribution is -0.132. The maximum Gasteiger partial charge on any atom is 0.262 e. The summed E-state index contributed by atoms with van der Waals surface area (Å²) in [4.78, 5) is 48.9. The number of piperazine rings is 1. The Bertz CT molecular complexity index is 1170. The molecule has 3 aliphatic rings. The van der Waals surface area contributed by atoms with Crippen LogP contribution in [0.3, 0.4) is 0 Å². The van der Waals surface area contributed by atoms with E-state index in [1.165, 1.54) is 23.6 Å². The van der Waals surface area contributed by atoms with Gasteiger partial charge in [0.1, 0.15) is 5.92 Å². The molecule has 1 aromatic carbocycles. The average Bonchev–Trinajstić information content (AvgIpc) is 3.48. The first kappa shape index (κ1) is 22.2. The van der Waals surface area contributed by atoms with Crippen molar-refractivity contribution in [2.75, 3.05) is 38.3 Å². The van der Waals surface area contributed by atoms with Gasteiger partial charge >= 0.3 is 0 Å². The smallest absolute Gasteiger partial charge is 0.262 e. The molecule has 0 spiro atoms. The molecule has 3 aliphatic heterocycles. The highest BCUT2D eigenvalue weighted by Gasteiger charge is 2.26. The van der Waals surface area contributed by atoms with E-state index in [1.54, 1.807) is 11.5 Å². The van der Waals surface area contributed by atoms with Gasteiger partial charge < -0.3 is 19.7 Å². The van der Waals surface area contributed by atoms with Crippen LogP contribution in [0, 0.1) is 5.92 Å². The number of aromatic nitrogens is 1. The van der Waals surface area contributed by atoms with Crippen LogP contribution in [0.1, 0.15) is 11.3 Å². The van der Waals surface area contributed by atoms with Crippen molar-refractivity contribution in [2.45, 2.75) is 13.0 Å². The number of amides is 3. The van der Waals surface area contributed by atoms with Crippen LogP contribution in [0.2, 0.25) is 0 Å². The number of benzene rings is 1.